The molecule has 1 aliphatic carbocycles. The first kappa shape index (κ1) is 10.0. The maximum absolute atomic E-state index is 12.9. The van der Waals surface area contributed by atoms with E-state index in [9.17, 15) is 13.6 Å². The first-order chi connectivity index (χ1) is 6.99. The normalized spacial score (nSPS) is 24.3. The average molecular weight is 217 g/mol. The number of H-pyrrole nitrogens is 1. The summed E-state index contributed by atoms with van der Waals surface area (Å²) in [6.07, 6.45) is -0.316. The van der Waals surface area contributed by atoms with Crippen LogP contribution in [-0.2, 0) is 0 Å². The van der Waals surface area contributed by atoms with Gasteiger partial charge in [-0.2, -0.15) is 10.3 Å². The first-order valence-electron chi connectivity index (χ1n) is 4.51. The third-order valence-corrected chi connectivity index (χ3v) is 2.57. The Hall–Kier alpha value is -1.53. The molecule has 1 fully saturated rings. The number of nitrogens with zero attached hydrogens (tertiary/aromatic N) is 2. The van der Waals surface area contributed by atoms with E-state index in [2.05, 4.69) is 15.4 Å². The minimum Gasteiger partial charge on any atom is -0.476 e. The van der Waals surface area contributed by atoms with Crippen LogP contribution in [-0.4, -0.2) is 32.4 Å². The van der Waals surface area contributed by atoms with Crippen molar-refractivity contribution in [2.24, 2.45) is 0 Å². The lowest BCUT2D eigenvalue weighted by Crippen LogP contribution is -2.11. The molecule has 1 aromatic heterocycles. The number of halogens is 2. The van der Waals surface area contributed by atoms with E-state index in [1.54, 1.807) is 0 Å². The Kier molecular flexibility index (Phi) is 2.17. The summed E-state index contributed by atoms with van der Waals surface area (Å²) < 4.78 is 25.8. The highest BCUT2D eigenvalue weighted by atomic mass is 19.3. The van der Waals surface area contributed by atoms with Crippen molar-refractivity contribution in [1.82, 2.24) is 15.4 Å². The molecule has 1 unspecified atom stereocenters. The van der Waals surface area contributed by atoms with Crippen molar-refractivity contribution >= 4 is 5.97 Å². The molecule has 0 saturated heterocycles. The third kappa shape index (κ3) is 1.81. The smallest absolute Gasteiger partial charge is 0.358 e. The van der Waals surface area contributed by atoms with Gasteiger partial charge in [0.15, 0.2) is 5.69 Å². The number of aromatic carboxylic acids is 1. The van der Waals surface area contributed by atoms with Crippen molar-refractivity contribution in [2.45, 2.75) is 31.1 Å². The second-order valence-electron chi connectivity index (χ2n) is 3.66. The van der Waals surface area contributed by atoms with Gasteiger partial charge in [0.2, 0.25) is 5.92 Å². The van der Waals surface area contributed by atoms with E-state index in [1.165, 1.54) is 0 Å². The highest BCUT2D eigenvalue weighted by molar-refractivity contribution is 5.86. The Morgan fingerprint density at radius 2 is 2.27 bits per heavy atom. The van der Waals surface area contributed by atoms with Gasteiger partial charge >= 0.3 is 5.97 Å². The Labute approximate surface area is 83.5 Å². The van der Waals surface area contributed by atoms with Crippen molar-refractivity contribution < 1.29 is 18.7 Å². The molecule has 7 heteroatoms. The van der Waals surface area contributed by atoms with Crippen LogP contribution >= 0.6 is 0 Å². The Morgan fingerprint density at radius 3 is 2.80 bits per heavy atom. The molecule has 5 nitrogen and oxygen atoms in total. The SMILES string of the molecule is O=C(O)c1n[nH]nc1C1CCC(F)(F)C1. The molecule has 1 atom stereocenters. The molecule has 2 rings (SSSR count). The van der Waals surface area contributed by atoms with E-state index in [0.29, 0.717) is 0 Å². The highest BCUT2D eigenvalue weighted by Crippen LogP contribution is 2.44. The maximum atomic E-state index is 12.9. The summed E-state index contributed by atoms with van der Waals surface area (Å²) in [7, 11) is 0. The number of carboxylic acid groups (broad SMARTS) is 1. The van der Waals surface area contributed by atoms with Crippen LogP contribution in [0, 0.1) is 0 Å². The van der Waals surface area contributed by atoms with Crippen LogP contribution < -0.4 is 0 Å². The quantitative estimate of drug-likeness (QED) is 0.784. The van der Waals surface area contributed by atoms with Gasteiger partial charge in [0, 0.05) is 18.8 Å². The lowest BCUT2D eigenvalue weighted by Gasteiger charge is -2.07. The molecule has 0 amide bonds. The Morgan fingerprint density at radius 1 is 1.53 bits per heavy atom. The van der Waals surface area contributed by atoms with E-state index >= 15 is 0 Å². The summed E-state index contributed by atoms with van der Waals surface area (Å²) in [5.41, 5.74) is -0.114. The summed E-state index contributed by atoms with van der Waals surface area (Å²) in [5, 5.41) is 18.0. The minimum absolute atomic E-state index is 0.139. The van der Waals surface area contributed by atoms with Crippen LogP contribution in [0.1, 0.15) is 41.4 Å². The zero-order chi connectivity index (χ0) is 11.1. The molecule has 0 aromatic carbocycles. The van der Waals surface area contributed by atoms with Gasteiger partial charge < -0.3 is 5.11 Å². The maximum Gasteiger partial charge on any atom is 0.358 e. The van der Waals surface area contributed by atoms with E-state index in [-0.39, 0.29) is 30.7 Å². The van der Waals surface area contributed by atoms with Crippen molar-refractivity contribution in [2.75, 3.05) is 0 Å². The lowest BCUT2D eigenvalue weighted by atomic mass is 10.0. The number of hydrogen-bond donors (Lipinski definition) is 2. The van der Waals surface area contributed by atoms with E-state index in [0.717, 1.165) is 0 Å². The largest absolute Gasteiger partial charge is 0.476 e. The molecule has 0 bridgehead atoms. The van der Waals surface area contributed by atoms with Gasteiger partial charge in [-0.3, -0.25) is 0 Å². The standard InChI is InChI=1S/C8H9F2N3O2/c9-8(10)2-1-4(3-8)5-6(7(14)15)12-13-11-5/h4H,1-3H2,(H,14,15)(H,11,12,13). The Bertz CT molecular complexity index is 391. The van der Waals surface area contributed by atoms with Gasteiger partial charge in [-0.1, -0.05) is 0 Å². The predicted octanol–water partition coefficient (Wildman–Crippen LogP) is 1.41. The molecule has 15 heavy (non-hydrogen) atoms. The highest BCUT2D eigenvalue weighted by Gasteiger charge is 2.42. The van der Waals surface area contributed by atoms with E-state index in [4.69, 9.17) is 5.11 Å². The summed E-state index contributed by atoms with van der Waals surface area (Å²) >= 11 is 0. The molecule has 2 N–H and O–H groups in total. The molecule has 1 saturated carbocycles. The molecule has 0 spiro atoms. The van der Waals surface area contributed by atoms with Gasteiger partial charge in [-0.25, -0.2) is 13.6 Å². The summed E-state index contributed by atoms with van der Waals surface area (Å²) in [6, 6.07) is 0. The summed E-state index contributed by atoms with van der Waals surface area (Å²) in [5.74, 6) is -4.46. The number of carboxylic acids is 1. The minimum atomic E-state index is -2.71. The van der Waals surface area contributed by atoms with Crippen molar-refractivity contribution in [3.63, 3.8) is 0 Å². The van der Waals surface area contributed by atoms with Gasteiger partial charge in [-0.15, -0.1) is 5.10 Å². The number of aromatic amines is 1. The van der Waals surface area contributed by atoms with Crippen LogP contribution in [0.25, 0.3) is 0 Å². The van der Waals surface area contributed by atoms with Gasteiger partial charge in [0.05, 0.1) is 0 Å². The topological polar surface area (TPSA) is 78.9 Å². The fourth-order valence-corrected chi connectivity index (χ4v) is 1.86. The van der Waals surface area contributed by atoms with Crippen LogP contribution in [0.5, 0.6) is 0 Å². The van der Waals surface area contributed by atoms with Gasteiger partial charge in [0.1, 0.15) is 5.69 Å². The lowest BCUT2D eigenvalue weighted by molar-refractivity contribution is 0.00757. The summed E-state index contributed by atoms with van der Waals surface area (Å²) in [4.78, 5) is 10.7. The van der Waals surface area contributed by atoms with E-state index in [1.807, 2.05) is 0 Å². The number of alkyl halides is 2. The molecule has 1 aromatic rings. The van der Waals surface area contributed by atoms with Gasteiger partial charge in [0.25, 0.3) is 0 Å². The molecule has 0 radical (unpaired) electrons. The van der Waals surface area contributed by atoms with Crippen LogP contribution in [0.15, 0.2) is 0 Å². The van der Waals surface area contributed by atoms with Crippen LogP contribution in [0.4, 0.5) is 8.78 Å². The predicted molar refractivity (Wildman–Crippen MR) is 44.9 cm³/mol. The molecular weight excluding hydrogens is 208 g/mol. The average Bonchev–Trinajstić information content (AvgIpc) is 2.69. The number of rotatable bonds is 2. The first-order valence-corrected chi connectivity index (χ1v) is 4.51. The molecule has 82 valence electrons. The van der Waals surface area contributed by atoms with Crippen molar-refractivity contribution in [3.8, 4) is 0 Å². The number of carbonyl (C=O) groups is 1. The number of nitrogens with one attached hydrogen (secondary N) is 1. The second kappa shape index (κ2) is 3.25. The fourth-order valence-electron chi connectivity index (χ4n) is 1.86. The molecule has 1 heterocycles. The van der Waals surface area contributed by atoms with Gasteiger partial charge in [-0.05, 0) is 6.42 Å². The van der Waals surface area contributed by atoms with Crippen molar-refractivity contribution in [3.05, 3.63) is 11.4 Å². The molecule has 1 aliphatic rings. The van der Waals surface area contributed by atoms with E-state index < -0.39 is 17.8 Å². The third-order valence-electron chi connectivity index (χ3n) is 2.57. The summed E-state index contributed by atoms with van der Waals surface area (Å²) in [6.45, 7) is 0. The zero-order valence-corrected chi connectivity index (χ0v) is 7.70. The van der Waals surface area contributed by atoms with Crippen LogP contribution in [0.2, 0.25) is 0 Å². The fraction of sp³-hybridized carbons (Fsp3) is 0.625. The molecule has 0 aliphatic heterocycles. The molecular formula is C8H9F2N3O2. The second-order valence-corrected chi connectivity index (χ2v) is 3.66. The monoisotopic (exact) mass is 217 g/mol. The van der Waals surface area contributed by atoms with Crippen molar-refractivity contribution in [1.29, 1.82) is 0 Å². The number of hydrogen-bond acceptors (Lipinski definition) is 3. The Balaban J connectivity index is 2.24. The van der Waals surface area contributed by atoms with Crippen LogP contribution in [0.3, 0.4) is 0 Å². The zero-order valence-electron chi connectivity index (χ0n) is 7.70. The number of aromatic nitrogens is 3.